The molecule has 6 nitrogen and oxygen atoms in total. The van der Waals surface area contributed by atoms with Crippen LogP contribution >= 0.6 is 23.2 Å². The molecule has 1 fully saturated rings. The highest BCUT2D eigenvalue weighted by Gasteiger charge is 2.25. The Kier molecular flexibility index (Phi) is 9.05. The van der Waals surface area contributed by atoms with Crippen molar-refractivity contribution in [2.24, 2.45) is 0 Å². The Morgan fingerprint density at radius 1 is 0.923 bits per heavy atom. The Labute approximate surface area is 239 Å². The van der Waals surface area contributed by atoms with Crippen LogP contribution in [0.15, 0.2) is 77.2 Å². The third-order valence-corrected chi connectivity index (χ3v) is 7.70. The molecule has 1 saturated heterocycles. The first kappa shape index (κ1) is 27.1. The molecule has 1 aliphatic rings. The minimum Gasteiger partial charge on any atom is -0.489 e. The summed E-state index contributed by atoms with van der Waals surface area (Å²) in [4.78, 5) is 6.92. The monoisotopic (exact) mass is 560 g/mol. The van der Waals surface area contributed by atoms with Crippen LogP contribution in [0.4, 0.5) is 5.88 Å². The molecule has 1 aliphatic heterocycles. The number of hydrogen-bond donors (Lipinski definition) is 1. The molecule has 0 saturated carbocycles. The SMILES string of the molecule is N#Cc1nc(-c2ccc(OCc3ccccc3Cl)cc2)oc1NC[C@@H](c1ccccc1Cl)N1CCCCCC1. The van der Waals surface area contributed by atoms with Gasteiger partial charge in [-0.3, -0.25) is 4.90 Å². The number of benzene rings is 3. The van der Waals surface area contributed by atoms with Crippen LogP contribution in [0.3, 0.4) is 0 Å². The van der Waals surface area contributed by atoms with Gasteiger partial charge in [0.05, 0.1) is 6.04 Å². The molecule has 0 aliphatic carbocycles. The molecule has 0 spiro atoms. The van der Waals surface area contributed by atoms with Crippen LogP contribution in [0, 0.1) is 11.3 Å². The lowest BCUT2D eigenvalue weighted by Gasteiger charge is -2.31. The third-order valence-electron chi connectivity index (χ3n) is 6.99. The van der Waals surface area contributed by atoms with Crippen LogP contribution in [0.2, 0.25) is 10.0 Å². The Hall–Kier alpha value is -3.50. The van der Waals surface area contributed by atoms with Gasteiger partial charge >= 0.3 is 0 Å². The van der Waals surface area contributed by atoms with Gasteiger partial charge in [0.15, 0.2) is 0 Å². The van der Waals surface area contributed by atoms with E-state index in [2.05, 4.69) is 27.3 Å². The number of rotatable bonds is 9. The van der Waals surface area contributed by atoms with Gasteiger partial charge in [0.2, 0.25) is 17.5 Å². The van der Waals surface area contributed by atoms with Crippen LogP contribution in [-0.4, -0.2) is 29.5 Å². The number of likely N-dealkylation sites (tertiary alicyclic amines) is 1. The molecule has 1 atom stereocenters. The Morgan fingerprint density at radius 3 is 2.31 bits per heavy atom. The zero-order valence-electron chi connectivity index (χ0n) is 21.6. The van der Waals surface area contributed by atoms with Crippen LogP contribution in [0.25, 0.3) is 11.5 Å². The average molecular weight is 562 g/mol. The summed E-state index contributed by atoms with van der Waals surface area (Å²) >= 11 is 12.8. The summed E-state index contributed by atoms with van der Waals surface area (Å²) in [5.41, 5.74) is 2.96. The van der Waals surface area contributed by atoms with Crippen LogP contribution in [0.5, 0.6) is 5.75 Å². The maximum absolute atomic E-state index is 9.76. The van der Waals surface area contributed by atoms with Gasteiger partial charge in [-0.25, -0.2) is 0 Å². The van der Waals surface area contributed by atoms with Gasteiger partial charge in [-0.15, -0.1) is 0 Å². The predicted octanol–water partition coefficient (Wildman–Crippen LogP) is 8.13. The van der Waals surface area contributed by atoms with Crippen molar-refractivity contribution < 1.29 is 9.15 Å². The predicted molar refractivity (Wildman–Crippen MR) is 155 cm³/mol. The van der Waals surface area contributed by atoms with Gasteiger partial charge < -0.3 is 14.5 Å². The highest BCUT2D eigenvalue weighted by atomic mass is 35.5. The fourth-order valence-corrected chi connectivity index (χ4v) is 5.34. The fourth-order valence-electron chi connectivity index (χ4n) is 4.89. The van der Waals surface area contributed by atoms with Crippen molar-refractivity contribution in [2.45, 2.75) is 38.3 Å². The molecule has 0 radical (unpaired) electrons. The van der Waals surface area contributed by atoms with E-state index in [1.807, 2.05) is 66.7 Å². The molecule has 0 unspecified atom stereocenters. The molecule has 3 aromatic carbocycles. The van der Waals surface area contributed by atoms with E-state index in [1.54, 1.807) is 0 Å². The maximum Gasteiger partial charge on any atom is 0.232 e. The molecule has 1 aromatic heterocycles. The molecule has 200 valence electrons. The summed E-state index contributed by atoms with van der Waals surface area (Å²) in [6.07, 6.45) is 4.81. The second-order valence-corrected chi connectivity index (χ2v) is 10.4. The summed E-state index contributed by atoms with van der Waals surface area (Å²) in [6, 6.07) is 25.2. The topological polar surface area (TPSA) is 74.3 Å². The van der Waals surface area contributed by atoms with E-state index in [9.17, 15) is 5.26 Å². The second kappa shape index (κ2) is 13.0. The summed E-state index contributed by atoms with van der Waals surface area (Å²) in [5, 5.41) is 14.5. The first-order valence-electron chi connectivity index (χ1n) is 13.2. The Bertz CT molecular complexity index is 1420. The first-order valence-corrected chi connectivity index (χ1v) is 14.0. The van der Waals surface area contributed by atoms with Crippen molar-refractivity contribution in [3.63, 3.8) is 0 Å². The van der Waals surface area contributed by atoms with E-state index in [-0.39, 0.29) is 11.7 Å². The smallest absolute Gasteiger partial charge is 0.232 e. The molecule has 2 heterocycles. The minimum atomic E-state index is 0.0476. The van der Waals surface area contributed by atoms with Gasteiger partial charge in [0.1, 0.15) is 18.4 Å². The summed E-state index contributed by atoms with van der Waals surface area (Å²) in [7, 11) is 0. The lowest BCUT2D eigenvalue weighted by Crippen LogP contribution is -2.34. The van der Waals surface area contributed by atoms with Crippen LogP contribution < -0.4 is 10.1 Å². The van der Waals surface area contributed by atoms with E-state index in [0.29, 0.717) is 35.7 Å². The van der Waals surface area contributed by atoms with Crippen molar-refractivity contribution in [3.8, 4) is 23.3 Å². The van der Waals surface area contributed by atoms with Gasteiger partial charge in [-0.1, -0.05) is 72.4 Å². The summed E-state index contributed by atoms with van der Waals surface area (Å²) in [6.45, 7) is 2.93. The zero-order valence-corrected chi connectivity index (χ0v) is 23.1. The third kappa shape index (κ3) is 6.75. The standard InChI is InChI=1S/C31H30Cl2N4O2/c32-26-11-5-3-9-23(26)21-38-24-15-13-22(14-16-24)30-36-28(19-34)31(39-30)35-20-29(25-10-4-6-12-27(25)33)37-17-7-1-2-8-18-37/h3-6,9-16,29,35H,1-2,7-8,17-18,20-21H2/t29-/m0/s1. The van der Waals surface area contributed by atoms with Crippen molar-refractivity contribution in [1.29, 1.82) is 5.26 Å². The van der Waals surface area contributed by atoms with Gasteiger partial charge in [0.25, 0.3) is 0 Å². The van der Waals surface area contributed by atoms with E-state index in [4.69, 9.17) is 32.4 Å². The molecule has 39 heavy (non-hydrogen) atoms. The molecule has 5 rings (SSSR count). The Balaban J connectivity index is 1.30. The molecule has 4 aromatic rings. The highest BCUT2D eigenvalue weighted by molar-refractivity contribution is 6.31. The second-order valence-electron chi connectivity index (χ2n) is 9.58. The first-order chi connectivity index (χ1) is 19.1. The van der Waals surface area contributed by atoms with Crippen LogP contribution in [-0.2, 0) is 6.61 Å². The average Bonchev–Trinajstić information content (AvgIpc) is 3.18. The summed E-state index contributed by atoms with van der Waals surface area (Å²) in [5.74, 6) is 1.43. The van der Waals surface area contributed by atoms with Crippen molar-refractivity contribution >= 4 is 29.1 Å². The minimum absolute atomic E-state index is 0.0476. The number of hydrogen-bond acceptors (Lipinski definition) is 6. The maximum atomic E-state index is 9.76. The normalized spacial score (nSPS) is 14.8. The molecular formula is C31H30Cl2N4O2. The van der Waals surface area contributed by atoms with Gasteiger partial charge in [-0.2, -0.15) is 10.2 Å². The fraction of sp³-hybridized carbons (Fsp3) is 0.290. The van der Waals surface area contributed by atoms with Crippen LogP contribution in [0.1, 0.15) is 48.5 Å². The number of anilines is 1. The number of oxazole rings is 1. The quantitative estimate of drug-likeness (QED) is 0.222. The summed E-state index contributed by atoms with van der Waals surface area (Å²) < 4.78 is 11.9. The van der Waals surface area contributed by atoms with E-state index in [1.165, 1.54) is 12.8 Å². The van der Waals surface area contributed by atoms with E-state index >= 15 is 0 Å². The molecule has 0 amide bonds. The highest BCUT2D eigenvalue weighted by Crippen LogP contribution is 2.32. The Morgan fingerprint density at radius 2 is 1.62 bits per heavy atom. The number of halogens is 2. The number of aromatic nitrogens is 1. The van der Waals surface area contributed by atoms with Gasteiger partial charge in [-0.05, 0) is 67.9 Å². The lowest BCUT2D eigenvalue weighted by atomic mass is 10.0. The molecule has 0 bridgehead atoms. The molecular weight excluding hydrogens is 531 g/mol. The zero-order chi connectivity index (χ0) is 27.0. The van der Waals surface area contributed by atoms with E-state index in [0.717, 1.165) is 47.6 Å². The van der Waals surface area contributed by atoms with Crippen molar-refractivity contribution in [1.82, 2.24) is 9.88 Å². The molecule has 1 N–H and O–H groups in total. The number of ether oxygens (including phenoxy) is 1. The largest absolute Gasteiger partial charge is 0.489 e. The van der Waals surface area contributed by atoms with E-state index < -0.39 is 0 Å². The molecule has 8 heteroatoms. The van der Waals surface area contributed by atoms with Gasteiger partial charge in [0, 0.05) is 27.7 Å². The van der Waals surface area contributed by atoms with Crippen molar-refractivity contribution in [2.75, 3.05) is 25.0 Å². The number of nitrogens with zero attached hydrogens (tertiary/aromatic N) is 3. The van der Waals surface area contributed by atoms with Crippen molar-refractivity contribution in [3.05, 3.63) is 99.7 Å². The number of nitrogens with one attached hydrogen (secondary N) is 1. The lowest BCUT2D eigenvalue weighted by molar-refractivity contribution is 0.213. The number of nitriles is 1.